The third-order valence-electron chi connectivity index (χ3n) is 4.78. The number of hydrogen-bond donors (Lipinski definition) is 1. The van der Waals surface area contributed by atoms with E-state index < -0.39 is 0 Å². The number of aromatic nitrogens is 3. The van der Waals surface area contributed by atoms with Gasteiger partial charge >= 0.3 is 0 Å². The van der Waals surface area contributed by atoms with Crippen molar-refractivity contribution in [3.8, 4) is 0 Å². The van der Waals surface area contributed by atoms with Gasteiger partial charge in [0.05, 0.1) is 5.25 Å². The Morgan fingerprint density at radius 3 is 2.96 bits per heavy atom. The molecule has 0 radical (unpaired) electrons. The largest absolute Gasteiger partial charge is 0.351 e. The fourth-order valence-corrected chi connectivity index (χ4v) is 4.72. The van der Waals surface area contributed by atoms with Crippen LogP contribution in [0.3, 0.4) is 0 Å². The molecule has 2 aliphatic heterocycles. The normalized spacial score (nSPS) is 22.3. The molecule has 0 saturated carbocycles. The van der Waals surface area contributed by atoms with Crippen LogP contribution in [0.1, 0.15) is 43.4 Å². The Morgan fingerprint density at radius 1 is 1.33 bits per heavy atom. The highest BCUT2D eigenvalue weighted by Gasteiger charge is 2.31. The molecule has 1 N–H and O–H groups in total. The average Bonchev–Trinajstić information content (AvgIpc) is 3.18. The van der Waals surface area contributed by atoms with Gasteiger partial charge in [-0.3, -0.25) is 4.79 Å². The van der Waals surface area contributed by atoms with Crippen molar-refractivity contribution < 1.29 is 4.79 Å². The van der Waals surface area contributed by atoms with Gasteiger partial charge in [0.1, 0.15) is 11.6 Å². The van der Waals surface area contributed by atoms with Crippen molar-refractivity contribution in [1.29, 1.82) is 0 Å². The van der Waals surface area contributed by atoms with Gasteiger partial charge in [-0.25, -0.2) is 0 Å². The molecule has 3 heterocycles. The van der Waals surface area contributed by atoms with Crippen LogP contribution < -0.4 is 5.32 Å². The highest BCUT2D eigenvalue weighted by molar-refractivity contribution is 8.01. The lowest BCUT2D eigenvalue weighted by atomic mass is 10.0. The molecule has 126 valence electrons. The van der Waals surface area contributed by atoms with E-state index in [4.69, 9.17) is 0 Å². The maximum Gasteiger partial charge on any atom is 0.234 e. The summed E-state index contributed by atoms with van der Waals surface area (Å²) in [5.74, 6) is 2.57. The summed E-state index contributed by atoms with van der Waals surface area (Å²) in [4.78, 5) is 13.9. The van der Waals surface area contributed by atoms with Crippen molar-refractivity contribution in [3.63, 3.8) is 0 Å². The van der Waals surface area contributed by atoms with E-state index in [1.165, 1.54) is 10.5 Å². The molecule has 0 unspecified atom stereocenters. The molecule has 1 amide bonds. The number of rotatable bonds is 3. The Bertz CT molecular complexity index is 745. The van der Waals surface area contributed by atoms with Gasteiger partial charge in [0.2, 0.25) is 5.91 Å². The van der Waals surface area contributed by atoms with E-state index in [0.29, 0.717) is 5.92 Å². The van der Waals surface area contributed by atoms with E-state index in [0.717, 1.165) is 37.5 Å². The molecule has 0 fully saturated rings. The van der Waals surface area contributed by atoms with E-state index in [9.17, 15) is 4.79 Å². The zero-order valence-electron chi connectivity index (χ0n) is 14.0. The third kappa shape index (κ3) is 2.83. The van der Waals surface area contributed by atoms with Gasteiger partial charge in [-0.05, 0) is 24.5 Å². The van der Waals surface area contributed by atoms with Crippen molar-refractivity contribution in [2.75, 3.05) is 0 Å². The first-order valence-corrected chi connectivity index (χ1v) is 9.46. The van der Waals surface area contributed by atoms with Gasteiger partial charge in [-0.2, -0.15) is 0 Å². The SMILES string of the molecule is CC(C)c1nnc2n1C[C@H](NC(=O)[C@@H]1Cc3ccccc3S1)CC2. The lowest BCUT2D eigenvalue weighted by Crippen LogP contribution is -2.44. The zero-order chi connectivity index (χ0) is 16.7. The summed E-state index contributed by atoms with van der Waals surface area (Å²) in [5, 5.41) is 11.9. The van der Waals surface area contributed by atoms with E-state index in [2.05, 4.69) is 46.1 Å². The van der Waals surface area contributed by atoms with Crippen molar-refractivity contribution in [2.24, 2.45) is 0 Å². The first-order valence-electron chi connectivity index (χ1n) is 8.58. The molecule has 5 nitrogen and oxygen atoms in total. The Balaban J connectivity index is 1.42. The maximum atomic E-state index is 12.7. The number of nitrogens with one attached hydrogen (secondary N) is 1. The third-order valence-corrected chi connectivity index (χ3v) is 6.10. The molecular weight excluding hydrogens is 320 g/mol. The number of thioether (sulfide) groups is 1. The summed E-state index contributed by atoms with van der Waals surface area (Å²) in [7, 11) is 0. The van der Waals surface area contributed by atoms with Crippen molar-refractivity contribution >= 4 is 17.7 Å². The highest BCUT2D eigenvalue weighted by atomic mass is 32.2. The Kier molecular flexibility index (Phi) is 4.08. The van der Waals surface area contributed by atoms with Crippen molar-refractivity contribution in [3.05, 3.63) is 41.5 Å². The molecule has 6 heteroatoms. The van der Waals surface area contributed by atoms with Crippen molar-refractivity contribution in [2.45, 2.75) is 61.8 Å². The number of hydrogen-bond acceptors (Lipinski definition) is 4. The minimum absolute atomic E-state index is 0.00530. The topological polar surface area (TPSA) is 59.8 Å². The van der Waals surface area contributed by atoms with E-state index in [1.807, 2.05) is 12.1 Å². The monoisotopic (exact) mass is 342 g/mol. The number of carbonyl (C=O) groups is 1. The number of fused-ring (bicyclic) bond motifs is 2. The van der Waals surface area contributed by atoms with Gasteiger partial charge in [0.25, 0.3) is 0 Å². The van der Waals surface area contributed by atoms with Gasteiger partial charge in [-0.15, -0.1) is 22.0 Å². The van der Waals surface area contributed by atoms with Crippen LogP contribution in [-0.4, -0.2) is 32.0 Å². The number of aryl methyl sites for hydroxylation is 1. The molecule has 2 aromatic rings. The molecule has 1 aromatic heterocycles. The van der Waals surface area contributed by atoms with E-state index >= 15 is 0 Å². The molecular formula is C18H22N4OS. The maximum absolute atomic E-state index is 12.7. The van der Waals surface area contributed by atoms with Crippen LogP contribution in [0, 0.1) is 0 Å². The fourth-order valence-electron chi connectivity index (χ4n) is 3.52. The summed E-state index contributed by atoms with van der Waals surface area (Å²) in [5.41, 5.74) is 1.29. The first-order chi connectivity index (χ1) is 11.6. The van der Waals surface area contributed by atoms with Crippen LogP contribution in [0.15, 0.2) is 29.2 Å². The number of amides is 1. The van der Waals surface area contributed by atoms with Gasteiger partial charge in [0, 0.05) is 29.8 Å². The number of benzene rings is 1. The second-order valence-corrected chi connectivity index (χ2v) is 8.15. The van der Waals surface area contributed by atoms with Gasteiger partial charge in [0.15, 0.2) is 0 Å². The van der Waals surface area contributed by atoms with Crippen LogP contribution in [0.5, 0.6) is 0 Å². The number of nitrogens with zero attached hydrogens (tertiary/aromatic N) is 3. The van der Waals surface area contributed by atoms with Crippen molar-refractivity contribution in [1.82, 2.24) is 20.1 Å². The average molecular weight is 342 g/mol. The lowest BCUT2D eigenvalue weighted by molar-refractivity contribution is -0.121. The second kappa shape index (κ2) is 6.24. The van der Waals surface area contributed by atoms with Crippen LogP contribution in [-0.2, 0) is 24.2 Å². The standard InChI is InChI=1S/C18H22N4OS/c1-11(2)17-21-20-16-8-7-13(10-22(16)17)19-18(23)15-9-12-5-3-4-6-14(12)24-15/h3-6,11,13,15H,7-10H2,1-2H3,(H,19,23)/t13-,15+/m1/s1. The minimum atomic E-state index is -0.00530. The zero-order valence-corrected chi connectivity index (χ0v) is 14.8. The van der Waals surface area contributed by atoms with E-state index in [1.54, 1.807) is 11.8 Å². The van der Waals surface area contributed by atoms with Crippen LogP contribution in [0.4, 0.5) is 0 Å². The molecule has 0 bridgehead atoms. The molecule has 4 rings (SSSR count). The molecule has 2 atom stereocenters. The fraction of sp³-hybridized carbons (Fsp3) is 0.500. The Labute approximate surface area is 146 Å². The molecule has 1 aromatic carbocycles. The summed E-state index contributed by atoms with van der Waals surface area (Å²) >= 11 is 1.68. The molecule has 0 spiro atoms. The smallest absolute Gasteiger partial charge is 0.234 e. The van der Waals surface area contributed by atoms with Crippen LogP contribution in [0.25, 0.3) is 0 Å². The van der Waals surface area contributed by atoms with Gasteiger partial charge in [-0.1, -0.05) is 32.0 Å². The summed E-state index contributed by atoms with van der Waals surface area (Å²) in [6.07, 6.45) is 2.64. The number of carbonyl (C=O) groups excluding carboxylic acids is 1. The highest BCUT2D eigenvalue weighted by Crippen LogP contribution is 2.36. The van der Waals surface area contributed by atoms with Crippen LogP contribution in [0.2, 0.25) is 0 Å². The summed E-state index contributed by atoms with van der Waals surface area (Å²) in [6, 6.07) is 8.47. The predicted molar refractivity (Wildman–Crippen MR) is 94.2 cm³/mol. The van der Waals surface area contributed by atoms with Gasteiger partial charge < -0.3 is 9.88 Å². The lowest BCUT2D eigenvalue weighted by Gasteiger charge is -2.26. The second-order valence-electron chi connectivity index (χ2n) is 6.90. The molecule has 24 heavy (non-hydrogen) atoms. The Hall–Kier alpha value is -1.82. The quantitative estimate of drug-likeness (QED) is 0.931. The van der Waals surface area contributed by atoms with E-state index in [-0.39, 0.29) is 17.2 Å². The predicted octanol–water partition coefficient (Wildman–Crippen LogP) is 2.55. The minimum Gasteiger partial charge on any atom is -0.351 e. The molecule has 0 aliphatic carbocycles. The molecule has 2 aliphatic rings. The molecule has 0 saturated heterocycles. The van der Waals surface area contributed by atoms with Crippen LogP contribution >= 0.6 is 11.8 Å². The first kappa shape index (κ1) is 15.7. The Morgan fingerprint density at radius 2 is 2.17 bits per heavy atom. The summed E-state index contributed by atoms with van der Waals surface area (Å²) < 4.78 is 2.19. The summed E-state index contributed by atoms with van der Waals surface area (Å²) in [6.45, 7) is 5.05.